The summed E-state index contributed by atoms with van der Waals surface area (Å²) < 4.78 is 36.6. The zero-order valence-corrected chi connectivity index (χ0v) is 15.3. The predicted molar refractivity (Wildman–Crippen MR) is 99.6 cm³/mol. The second-order valence-corrected chi connectivity index (χ2v) is 5.59. The van der Waals surface area contributed by atoms with Crippen molar-refractivity contribution in [3.8, 4) is 17.2 Å². The zero-order chi connectivity index (χ0) is 19.6. The van der Waals surface area contributed by atoms with Gasteiger partial charge < -0.3 is 25.2 Å². The molecule has 0 aliphatic heterocycles. The molecule has 0 unspecified atom stereocenters. The first kappa shape index (κ1) is 20.3. The molecule has 3 N–H and O–H groups in total. The minimum atomic E-state index is -0.739. The van der Waals surface area contributed by atoms with E-state index in [-0.39, 0.29) is 18.1 Å². The number of halogens is 2. The van der Waals surface area contributed by atoms with Crippen LogP contribution in [-0.2, 0) is 6.42 Å². The Labute approximate surface area is 156 Å². The molecule has 0 aliphatic carbocycles. The van der Waals surface area contributed by atoms with E-state index < -0.39 is 11.6 Å². The molecule has 8 heteroatoms. The monoisotopic (exact) mass is 379 g/mol. The summed E-state index contributed by atoms with van der Waals surface area (Å²) >= 11 is 0. The third-order valence-corrected chi connectivity index (χ3v) is 3.75. The van der Waals surface area contributed by atoms with Crippen LogP contribution in [0.1, 0.15) is 5.56 Å². The first-order chi connectivity index (χ1) is 13.0. The molecule has 146 valence electrons. The van der Waals surface area contributed by atoms with Gasteiger partial charge in [-0.05, 0) is 30.2 Å². The molecule has 0 saturated heterocycles. The Morgan fingerprint density at radius 2 is 1.89 bits per heavy atom. The Bertz CT molecular complexity index is 785. The van der Waals surface area contributed by atoms with Crippen LogP contribution < -0.4 is 20.1 Å². The topological polar surface area (TPSA) is 75.1 Å². The SMILES string of the molecule is CN=C(NCCOc1ccc(F)cc1F)NCCc1ccc(OC)cc1O. The molecule has 0 bridgehead atoms. The second kappa shape index (κ2) is 10.2. The highest BCUT2D eigenvalue weighted by atomic mass is 19.1. The van der Waals surface area contributed by atoms with E-state index in [0.29, 0.717) is 31.2 Å². The molecule has 0 heterocycles. The average molecular weight is 379 g/mol. The molecule has 2 aromatic rings. The van der Waals surface area contributed by atoms with Gasteiger partial charge in [0.2, 0.25) is 0 Å². The molecular formula is C19H23F2N3O3. The number of methoxy groups -OCH3 is 1. The molecule has 0 aromatic heterocycles. The Kier molecular flexibility index (Phi) is 7.66. The van der Waals surface area contributed by atoms with Gasteiger partial charge in [0.05, 0.1) is 13.7 Å². The van der Waals surface area contributed by atoms with Crippen LogP contribution in [0, 0.1) is 11.6 Å². The van der Waals surface area contributed by atoms with Crippen LogP contribution in [0.25, 0.3) is 0 Å². The Morgan fingerprint density at radius 3 is 2.56 bits per heavy atom. The third-order valence-electron chi connectivity index (χ3n) is 3.75. The third kappa shape index (κ3) is 6.32. The average Bonchev–Trinajstić information content (AvgIpc) is 2.66. The van der Waals surface area contributed by atoms with Gasteiger partial charge in [-0.25, -0.2) is 8.78 Å². The summed E-state index contributed by atoms with van der Waals surface area (Å²) in [4.78, 5) is 4.08. The maximum Gasteiger partial charge on any atom is 0.191 e. The van der Waals surface area contributed by atoms with Gasteiger partial charge >= 0.3 is 0 Å². The van der Waals surface area contributed by atoms with Crippen molar-refractivity contribution in [1.82, 2.24) is 10.6 Å². The number of nitrogens with one attached hydrogen (secondary N) is 2. The summed E-state index contributed by atoms with van der Waals surface area (Å²) in [7, 11) is 3.17. The number of aromatic hydroxyl groups is 1. The largest absolute Gasteiger partial charge is 0.508 e. The summed E-state index contributed by atoms with van der Waals surface area (Å²) in [6.07, 6.45) is 0.591. The van der Waals surface area contributed by atoms with Gasteiger partial charge in [-0.1, -0.05) is 6.07 Å². The molecule has 0 aliphatic rings. The molecule has 0 saturated carbocycles. The van der Waals surface area contributed by atoms with Crippen molar-refractivity contribution in [2.24, 2.45) is 4.99 Å². The number of guanidine groups is 1. The summed E-state index contributed by atoms with van der Waals surface area (Å²) in [5.41, 5.74) is 0.786. The molecule has 6 nitrogen and oxygen atoms in total. The number of phenols is 1. The second-order valence-electron chi connectivity index (χ2n) is 5.59. The lowest BCUT2D eigenvalue weighted by molar-refractivity contribution is 0.304. The van der Waals surface area contributed by atoms with Crippen molar-refractivity contribution in [1.29, 1.82) is 0 Å². The van der Waals surface area contributed by atoms with Crippen molar-refractivity contribution in [3.63, 3.8) is 0 Å². The minimum absolute atomic E-state index is 0.00359. The molecule has 0 spiro atoms. The highest BCUT2D eigenvalue weighted by Crippen LogP contribution is 2.23. The van der Waals surface area contributed by atoms with E-state index in [1.165, 1.54) is 6.07 Å². The van der Waals surface area contributed by atoms with Crippen molar-refractivity contribution in [2.45, 2.75) is 6.42 Å². The summed E-state index contributed by atoms with van der Waals surface area (Å²) in [5.74, 6) is -0.0716. The fourth-order valence-electron chi connectivity index (χ4n) is 2.34. The highest BCUT2D eigenvalue weighted by Gasteiger charge is 2.06. The van der Waals surface area contributed by atoms with E-state index in [2.05, 4.69) is 15.6 Å². The molecule has 27 heavy (non-hydrogen) atoms. The number of hydrogen-bond acceptors (Lipinski definition) is 4. The number of aliphatic imine (C=N–C) groups is 1. The standard InChI is InChI=1S/C19H23F2N3O3/c1-22-19(23-8-7-13-3-5-15(26-2)12-17(13)25)24-9-10-27-18-6-4-14(20)11-16(18)21/h3-6,11-12,25H,7-10H2,1-2H3,(H2,22,23,24). The van der Waals surface area contributed by atoms with E-state index in [1.807, 2.05) is 0 Å². The van der Waals surface area contributed by atoms with Crippen LogP contribution in [0.4, 0.5) is 8.78 Å². The smallest absolute Gasteiger partial charge is 0.191 e. The van der Waals surface area contributed by atoms with Crippen LogP contribution in [-0.4, -0.2) is 44.9 Å². The van der Waals surface area contributed by atoms with Gasteiger partial charge in [0.25, 0.3) is 0 Å². The molecular weight excluding hydrogens is 356 g/mol. The Hall–Kier alpha value is -3.03. The molecule has 0 atom stereocenters. The first-order valence-electron chi connectivity index (χ1n) is 8.41. The highest BCUT2D eigenvalue weighted by molar-refractivity contribution is 5.79. The van der Waals surface area contributed by atoms with E-state index in [0.717, 1.165) is 17.7 Å². The van der Waals surface area contributed by atoms with Gasteiger partial charge in [-0.2, -0.15) is 0 Å². The molecule has 0 amide bonds. The van der Waals surface area contributed by atoms with Crippen molar-refractivity contribution >= 4 is 5.96 Å². The van der Waals surface area contributed by atoms with Gasteiger partial charge in [-0.3, -0.25) is 4.99 Å². The van der Waals surface area contributed by atoms with Crippen LogP contribution in [0.5, 0.6) is 17.2 Å². The summed E-state index contributed by atoms with van der Waals surface area (Å²) in [6, 6.07) is 8.32. The maximum absolute atomic E-state index is 13.5. The first-order valence-corrected chi connectivity index (χ1v) is 8.41. The molecule has 2 aromatic carbocycles. The number of ether oxygens (including phenoxy) is 2. The van der Waals surface area contributed by atoms with Gasteiger partial charge in [0, 0.05) is 25.7 Å². The van der Waals surface area contributed by atoms with Crippen LogP contribution in [0.2, 0.25) is 0 Å². The van der Waals surface area contributed by atoms with Crippen LogP contribution >= 0.6 is 0 Å². The van der Waals surface area contributed by atoms with Gasteiger partial charge in [0.1, 0.15) is 23.9 Å². The lowest BCUT2D eigenvalue weighted by Gasteiger charge is -2.13. The van der Waals surface area contributed by atoms with Crippen molar-refractivity contribution < 1.29 is 23.4 Å². The van der Waals surface area contributed by atoms with E-state index in [9.17, 15) is 13.9 Å². The Balaban J connectivity index is 1.71. The molecule has 2 rings (SSSR count). The fourth-order valence-corrected chi connectivity index (χ4v) is 2.34. The lowest BCUT2D eigenvalue weighted by Crippen LogP contribution is -2.40. The molecule has 0 radical (unpaired) electrons. The Morgan fingerprint density at radius 1 is 1.11 bits per heavy atom. The van der Waals surface area contributed by atoms with Gasteiger partial charge in [0.15, 0.2) is 17.5 Å². The van der Waals surface area contributed by atoms with Crippen molar-refractivity contribution in [3.05, 3.63) is 53.6 Å². The predicted octanol–water partition coefficient (Wildman–Crippen LogP) is 2.47. The fraction of sp³-hybridized carbons (Fsp3) is 0.316. The van der Waals surface area contributed by atoms with Crippen LogP contribution in [0.3, 0.4) is 0 Å². The summed E-state index contributed by atoms with van der Waals surface area (Å²) in [5, 5.41) is 16.1. The van der Waals surface area contributed by atoms with Gasteiger partial charge in [-0.15, -0.1) is 0 Å². The summed E-state index contributed by atoms with van der Waals surface area (Å²) in [6.45, 7) is 1.11. The number of rotatable bonds is 8. The van der Waals surface area contributed by atoms with Crippen LogP contribution in [0.15, 0.2) is 41.4 Å². The minimum Gasteiger partial charge on any atom is -0.508 e. The molecule has 0 fully saturated rings. The van der Waals surface area contributed by atoms with E-state index in [1.54, 1.807) is 32.4 Å². The lowest BCUT2D eigenvalue weighted by atomic mass is 10.1. The number of nitrogens with zero attached hydrogens (tertiary/aromatic N) is 1. The normalized spacial score (nSPS) is 11.2. The maximum atomic E-state index is 13.5. The number of phenolic OH excluding ortho intramolecular Hbond substituents is 1. The van der Waals surface area contributed by atoms with E-state index in [4.69, 9.17) is 9.47 Å². The van der Waals surface area contributed by atoms with E-state index >= 15 is 0 Å². The zero-order valence-electron chi connectivity index (χ0n) is 15.3. The van der Waals surface area contributed by atoms with Crippen molar-refractivity contribution in [2.75, 3.05) is 33.9 Å². The quantitative estimate of drug-likeness (QED) is 0.373. The number of benzene rings is 2. The number of hydrogen-bond donors (Lipinski definition) is 3.